The Morgan fingerprint density at radius 2 is 2.43 bits per heavy atom. The van der Waals surface area contributed by atoms with Crippen LogP contribution in [0.2, 0.25) is 0 Å². The monoisotopic (exact) mass is 394 g/mol. The number of hydrogen-bond donors (Lipinski definition) is 1. The highest BCUT2D eigenvalue weighted by Crippen LogP contribution is 2.26. The minimum atomic E-state index is -0.000841. The molecular formula is C17H19BrN2O2S. The zero-order chi connectivity index (χ0) is 16.2. The molecule has 1 fully saturated rings. The molecule has 0 bridgehead atoms. The van der Waals surface area contributed by atoms with Crippen LogP contribution in [0.3, 0.4) is 0 Å². The molecule has 0 spiro atoms. The fraction of sp³-hybridized carbons (Fsp3) is 0.412. The lowest BCUT2D eigenvalue weighted by Gasteiger charge is -2.19. The molecular weight excluding hydrogens is 376 g/mol. The maximum Gasteiger partial charge on any atom is 0.226 e. The van der Waals surface area contributed by atoms with Crippen molar-refractivity contribution in [2.45, 2.75) is 38.3 Å². The second-order valence-corrected chi connectivity index (χ2v) is 7.51. The fourth-order valence-corrected chi connectivity index (χ4v) is 3.92. The van der Waals surface area contributed by atoms with Gasteiger partial charge in [0.15, 0.2) is 0 Å². The standard InChI is InChI=1S/C17H19BrN2O2S/c1-11(15-6-3-7-22-15)19-16(21)9-14-10-23-17(20-14)12-4-2-5-13(18)8-12/h2,4-5,8,10-11,15H,3,6-7,9H2,1H3,(H,19,21). The number of benzene rings is 1. The number of carbonyl (C=O) groups excluding carboxylic acids is 1. The topological polar surface area (TPSA) is 51.2 Å². The highest BCUT2D eigenvalue weighted by Gasteiger charge is 2.23. The molecule has 1 aliphatic rings. The molecule has 6 heteroatoms. The van der Waals surface area contributed by atoms with E-state index in [1.54, 1.807) is 11.3 Å². The predicted octanol–water partition coefficient (Wildman–Crippen LogP) is 3.80. The van der Waals surface area contributed by atoms with Crippen LogP contribution in [0.4, 0.5) is 0 Å². The molecule has 4 nitrogen and oxygen atoms in total. The number of nitrogens with zero attached hydrogens (tertiary/aromatic N) is 1. The number of carbonyl (C=O) groups is 1. The van der Waals surface area contributed by atoms with Crippen LogP contribution in [0.1, 0.15) is 25.5 Å². The number of rotatable bonds is 5. The first-order chi connectivity index (χ1) is 11.1. The van der Waals surface area contributed by atoms with Crippen LogP contribution < -0.4 is 5.32 Å². The first-order valence-corrected chi connectivity index (χ1v) is 9.40. The van der Waals surface area contributed by atoms with Crippen molar-refractivity contribution in [3.8, 4) is 10.6 Å². The van der Waals surface area contributed by atoms with Crippen molar-refractivity contribution in [2.24, 2.45) is 0 Å². The molecule has 2 atom stereocenters. The average Bonchev–Trinajstić information content (AvgIpc) is 3.18. The Hall–Kier alpha value is -1.24. The summed E-state index contributed by atoms with van der Waals surface area (Å²) < 4.78 is 6.63. The molecule has 0 aliphatic carbocycles. The van der Waals surface area contributed by atoms with Crippen molar-refractivity contribution in [1.82, 2.24) is 10.3 Å². The number of aromatic nitrogens is 1. The van der Waals surface area contributed by atoms with Gasteiger partial charge in [0.05, 0.1) is 24.3 Å². The Bertz CT molecular complexity index is 683. The lowest BCUT2D eigenvalue weighted by Crippen LogP contribution is -2.41. The maximum atomic E-state index is 12.2. The van der Waals surface area contributed by atoms with E-state index < -0.39 is 0 Å². The van der Waals surface area contributed by atoms with Gasteiger partial charge < -0.3 is 10.1 Å². The van der Waals surface area contributed by atoms with Crippen LogP contribution in [0.15, 0.2) is 34.1 Å². The Balaban J connectivity index is 1.59. The largest absolute Gasteiger partial charge is 0.376 e. The Morgan fingerprint density at radius 3 is 3.17 bits per heavy atom. The Morgan fingerprint density at radius 1 is 1.57 bits per heavy atom. The van der Waals surface area contributed by atoms with Crippen LogP contribution in [-0.4, -0.2) is 29.6 Å². The van der Waals surface area contributed by atoms with Gasteiger partial charge >= 0.3 is 0 Å². The number of ether oxygens (including phenoxy) is 1. The third-order valence-electron chi connectivity index (χ3n) is 3.88. The van der Waals surface area contributed by atoms with E-state index in [4.69, 9.17) is 4.74 Å². The van der Waals surface area contributed by atoms with Gasteiger partial charge in [-0.25, -0.2) is 4.98 Å². The van der Waals surface area contributed by atoms with Crippen molar-refractivity contribution in [3.63, 3.8) is 0 Å². The predicted molar refractivity (Wildman–Crippen MR) is 95.5 cm³/mol. The molecule has 1 aliphatic heterocycles. The zero-order valence-electron chi connectivity index (χ0n) is 12.9. The van der Waals surface area contributed by atoms with Crippen molar-refractivity contribution >= 4 is 33.2 Å². The summed E-state index contributed by atoms with van der Waals surface area (Å²) in [5.41, 5.74) is 1.87. The molecule has 2 unspecified atom stereocenters. The number of halogens is 1. The summed E-state index contributed by atoms with van der Waals surface area (Å²) in [7, 11) is 0. The Kier molecular flexibility index (Phi) is 5.46. The molecule has 0 radical (unpaired) electrons. The van der Waals surface area contributed by atoms with Gasteiger partial charge in [-0.3, -0.25) is 4.79 Å². The molecule has 1 aromatic carbocycles. The summed E-state index contributed by atoms with van der Waals surface area (Å²) in [5, 5.41) is 5.90. The average molecular weight is 395 g/mol. The van der Waals surface area contributed by atoms with Crippen LogP contribution >= 0.6 is 27.3 Å². The van der Waals surface area contributed by atoms with Crippen LogP contribution in [0, 0.1) is 0 Å². The first kappa shape index (κ1) is 16.6. The number of nitrogens with one attached hydrogen (secondary N) is 1. The van der Waals surface area contributed by atoms with Crippen LogP contribution in [0.25, 0.3) is 10.6 Å². The molecule has 1 N–H and O–H groups in total. The zero-order valence-corrected chi connectivity index (χ0v) is 15.3. The summed E-state index contributed by atoms with van der Waals surface area (Å²) in [6, 6.07) is 8.07. The van der Waals surface area contributed by atoms with Gasteiger partial charge in [0, 0.05) is 22.0 Å². The van der Waals surface area contributed by atoms with Gasteiger partial charge in [0.1, 0.15) is 5.01 Å². The maximum absolute atomic E-state index is 12.2. The van der Waals surface area contributed by atoms with E-state index in [-0.39, 0.29) is 18.1 Å². The second kappa shape index (κ2) is 7.55. The fourth-order valence-electron chi connectivity index (χ4n) is 2.70. The number of thiazole rings is 1. The van der Waals surface area contributed by atoms with Gasteiger partial charge in [0.2, 0.25) is 5.91 Å². The van der Waals surface area contributed by atoms with Crippen molar-refractivity contribution in [1.29, 1.82) is 0 Å². The molecule has 2 aromatic rings. The molecule has 1 amide bonds. The lowest BCUT2D eigenvalue weighted by atomic mass is 10.1. The summed E-state index contributed by atoms with van der Waals surface area (Å²) in [4.78, 5) is 16.7. The van der Waals surface area contributed by atoms with Crippen LogP contribution in [-0.2, 0) is 16.0 Å². The highest BCUT2D eigenvalue weighted by molar-refractivity contribution is 9.10. The molecule has 1 saturated heterocycles. The summed E-state index contributed by atoms with van der Waals surface area (Å²) in [6.07, 6.45) is 2.55. The number of hydrogen-bond acceptors (Lipinski definition) is 4. The van der Waals surface area contributed by atoms with E-state index in [0.29, 0.717) is 6.42 Å². The minimum absolute atomic E-state index is 0.000841. The van der Waals surface area contributed by atoms with Gasteiger partial charge in [-0.1, -0.05) is 28.1 Å². The van der Waals surface area contributed by atoms with Crippen molar-refractivity contribution in [3.05, 3.63) is 39.8 Å². The minimum Gasteiger partial charge on any atom is -0.376 e. The van der Waals surface area contributed by atoms with Gasteiger partial charge in [-0.15, -0.1) is 11.3 Å². The molecule has 1 aromatic heterocycles. The molecule has 3 rings (SSSR count). The SMILES string of the molecule is CC(NC(=O)Cc1csc(-c2cccc(Br)c2)n1)C1CCCO1. The van der Waals surface area contributed by atoms with E-state index in [2.05, 4.69) is 26.2 Å². The highest BCUT2D eigenvalue weighted by atomic mass is 79.9. The van der Waals surface area contributed by atoms with E-state index in [9.17, 15) is 4.79 Å². The van der Waals surface area contributed by atoms with Crippen LogP contribution in [0.5, 0.6) is 0 Å². The van der Waals surface area contributed by atoms with E-state index in [0.717, 1.165) is 40.2 Å². The number of amides is 1. The third-order valence-corrected chi connectivity index (χ3v) is 5.31. The van der Waals surface area contributed by atoms with Gasteiger partial charge in [0.25, 0.3) is 0 Å². The summed E-state index contributed by atoms with van der Waals surface area (Å²) in [6.45, 7) is 2.80. The van der Waals surface area contributed by atoms with Gasteiger partial charge in [-0.05, 0) is 31.9 Å². The van der Waals surface area contributed by atoms with E-state index in [1.165, 1.54) is 0 Å². The quantitative estimate of drug-likeness (QED) is 0.838. The Labute approximate surface area is 148 Å². The third kappa shape index (κ3) is 4.40. The van der Waals surface area contributed by atoms with Gasteiger partial charge in [-0.2, -0.15) is 0 Å². The first-order valence-electron chi connectivity index (χ1n) is 7.73. The van der Waals surface area contributed by atoms with Crippen molar-refractivity contribution in [2.75, 3.05) is 6.61 Å². The second-order valence-electron chi connectivity index (χ2n) is 5.74. The molecule has 2 heterocycles. The smallest absolute Gasteiger partial charge is 0.226 e. The molecule has 0 saturated carbocycles. The normalized spacial score (nSPS) is 18.8. The van der Waals surface area contributed by atoms with Crippen molar-refractivity contribution < 1.29 is 9.53 Å². The van der Waals surface area contributed by atoms with E-state index >= 15 is 0 Å². The summed E-state index contributed by atoms with van der Waals surface area (Å²) in [5.74, 6) is -0.000841. The summed E-state index contributed by atoms with van der Waals surface area (Å²) >= 11 is 5.03. The molecule has 122 valence electrons. The molecule has 23 heavy (non-hydrogen) atoms. The lowest BCUT2D eigenvalue weighted by molar-refractivity contribution is -0.121. The van der Waals surface area contributed by atoms with E-state index in [1.807, 2.05) is 36.6 Å².